The van der Waals surface area contributed by atoms with Gasteiger partial charge < -0.3 is 9.84 Å². The third-order valence-corrected chi connectivity index (χ3v) is 3.26. The monoisotopic (exact) mass is 344 g/mol. The number of anilines is 1. The first-order valence-electron chi connectivity index (χ1n) is 6.34. The van der Waals surface area contributed by atoms with E-state index in [9.17, 15) is 18.3 Å². The molecule has 0 unspecified atom stereocenters. The third-order valence-electron chi connectivity index (χ3n) is 2.93. The second-order valence-corrected chi connectivity index (χ2v) is 4.87. The maximum Gasteiger partial charge on any atom is 0.416 e. The number of hydrazone groups is 1. The number of nitrogens with one attached hydrogen (secondary N) is 1. The summed E-state index contributed by atoms with van der Waals surface area (Å²) < 4.78 is 42.9. The molecule has 2 N–H and O–H groups in total. The van der Waals surface area contributed by atoms with E-state index in [4.69, 9.17) is 16.3 Å². The van der Waals surface area contributed by atoms with Gasteiger partial charge in [0.15, 0.2) is 11.5 Å². The summed E-state index contributed by atoms with van der Waals surface area (Å²) in [7, 11) is 1.40. The SMILES string of the molecule is COc1cccc(C=NNc2cc(C(F)(F)F)ccc2Cl)c1O. The Morgan fingerprint density at radius 3 is 2.65 bits per heavy atom. The van der Waals surface area contributed by atoms with Gasteiger partial charge >= 0.3 is 6.18 Å². The number of para-hydroxylation sites is 1. The van der Waals surface area contributed by atoms with Gasteiger partial charge in [-0.25, -0.2) is 0 Å². The van der Waals surface area contributed by atoms with Gasteiger partial charge in [-0.05, 0) is 30.3 Å². The standard InChI is InChI=1S/C15H12ClF3N2O2/c1-23-13-4-2-3-9(14(13)22)8-20-21-12-7-10(15(17,18)19)5-6-11(12)16/h2-8,21-22H,1H3. The fourth-order valence-electron chi connectivity index (χ4n) is 1.77. The minimum absolute atomic E-state index is 0.000118. The van der Waals surface area contributed by atoms with Crippen LogP contribution in [0.1, 0.15) is 11.1 Å². The maximum atomic E-state index is 12.7. The normalized spacial score (nSPS) is 11.7. The smallest absolute Gasteiger partial charge is 0.416 e. The molecule has 0 aliphatic carbocycles. The van der Waals surface area contributed by atoms with E-state index in [-0.39, 0.29) is 22.2 Å². The largest absolute Gasteiger partial charge is 0.504 e. The number of hydrogen-bond donors (Lipinski definition) is 2. The van der Waals surface area contributed by atoms with Crippen LogP contribution >= 0.6 is 11.6 Å². The third kappa shape index (κ3) is 4.07. The molecule has 8 heteroatoms. The average molecular weight is 345 g/mol. The number of methoxy groups -OCH3 is 1. The molecular weight excluding hydrogens is 333 g/mol. The molecule has 0 spiro atoms. The van der Waals surface area contributed by atoms with Crippen LogP contribution in [0, 0.1) is 0 Å². The van der Waals surface area contributed by atoms with E-state index in [1.807, 2.05) is 0 Å². The number of nitrogens with zero attached hydrogens (tertiary/aromatic N) is 1. The van der Waals surface area contributed by atoms with Crippen molar-refractivity contribution in [2.75, 3.05) is 12.5 Å². The summed E-state index contributed by atoms with van der Waals surface area (Å²) in [4.78, 5) is 0. The van der Waals surface area contributed by atoms with Crippen LogP contribution in [0.5, 0.6) is 11.5 Å². The number of phenols is 1. The van der Waals surface area contributed by atoms with Crippen molar-refractivity contribution in [3.8, 4) is 11.5 Å². The average Bonchev–Trinajstić information content (AvgIpc) is 2.49. The van der Waals surface area contributed by atoms with Crippen LogP contribution in [-0.2, 0) is 6.18 Å². The summed E-state index contributed by atoms with van der Waals surface area (Å²) in [6.07, 6.45) is -3.23. The highest BCUT2D eigenvalue weighted by molar-refractivity contribution is 6.33. The molecule has 0 aliphatic rings. The zero-order valence-electron chi connectivity index (χ0n) is 11.9. The van der Waals surface area contributed by atoms with E-state index in [2.05, 4.69) is 10.5 Å². The Kier molecular flexibility index (Phi) is 5.00. The molecule has 0 aliphatic heterocycles. The molecule has 0 saturated heterocycles. The Bertz CT molecular complexity index is 733. The predicted octanol–water partition coefficient (Wildman–Crippen LogP) is 4.52. The molecule has 122 valence electrons. The molecule has 0 fully saturated rings. The molecule has 2 rings (SSSR count). The van der Waals surface area contributed by atoms with Crippen molar-refractivity contribution in [3.63, 3.8) is 0 Å². The zero-order chi connectivity index (χ0) is 17.0. The first-order valence-corrected chi connectivity index (χ1v) is 6.72. The minimum Gasteiger partial charge on any atom is -0.504 e. The van der Waals surface area contributed by atoms with E-state index < -0.39 is 11.7 Å². The highest BCUT2D eigenvalue weighted by Gasteiger charge is 2.30. The van der Waals surface area contributed by atoms with Gasteiger partial charge in [0.25, 0.3) is 0 Å². The second kappa shape index (κ2) is 6.78. The van der Waals surface area contributed by atoms with Crippen molar-refractivity contribution < 1.29 is 23.0 Å². The molecule has 0 atom stereocenters. The van der Waals surface area contributed by atoms with Crippen LogP contribution in [0.4, 0.5) is 18.9 Å². The van der Waals surface area contributed by atoms with Gasteiger partial charge in [-0.3, -0.25) is 5.43 Å². The number of alkyl halides is 3. The van der Waals surface area contributed by atoms with E-state index in [1.165, 1.54) is 13.3 Å². The molecule has 4 nitrogen and oxygen atoms in total. The number of aromatic hydroxyl groups is 1. The Morgan fingerprint density at radius 2 is 2.00 bits per heavy atom. The lowest BCUT2D eigenvalue weighted by molar-refractivity contribution is -0.137. The molecule has 0 radical (unpaired) electrons. The summed E-state index contributed by atoms with van der Waals surface area (Å²) in [6.45, 7) is 0. The van der Waals surface area contributed by atoms with Crippen LogP contribution in [0.15, 0.2) is 41.5 Å². The van der Waals surface area contributed by atoms with Crippen LogP contribution in [0.25, 0.3) is 0 Å². The van der Waals surface area contributed by atoms with Gasteiger partial charge in [0, 0.05) is 5.56 Å². The highest BCUT2D eigenvalue weighted by Crippen LogP contribution is 2.34. The Hall–Kier alpha value is -2.41. The quantitative estimate of drug-likeness (QED) is 0.633. The van der Waals surface area contributed by atoms with Crippen LogP contribution in [0.2, 0.25) is 5.02 Å². The van der Waals surface area contributed by atoms with Gasteiger partial charge in [-0.1, -0.05) is 17.7 Å². The summed E-state index contributed by atoms with van der Waals surface area (Å²) >= 11 is 5.83. The van der Waals surface area contributed by atoms with E-state index in [0.29, 0.717) is 5.56 Å². The minimum atomic E-state index is -4.48. The van der Waals surface area contributed by atoms with E-state index in [1.54, 1.807) is 18.2 Å². The number of ether oxygens (including phenoxy) is 1. The Morgan fingerprint density at radius 1 is 1.26 bits per heavy atom. The van der Waals surface area contributed by atoms with Crippen molar-refractivity contribution in [1.29, 1.82) is 0 Å². The van der Waals surface area contributed by atoms with Gasteiger partial charge in [0.2, 0.25) is 0 Å². The molecule has 23 heavy (non-hydrogen) atoms. The molecular formula is C15H12ClF3N2O2. The van der Waals surface area contributed by atoms with Gasteiger partial charge in [0.05, 0.1) is 29.6 Å². The summed E-state index contributed by atoms with van der Waals surface area (Å²) in [6, 6.07) is 7.62. The number of rotatable bonds is 4. The summed E-state index contributed by atoms with van der Waals surface area (Å²) in [5.41, 5.74) is 1.91. The molecule has 2 aromatic carbocycles. The topological polar surface area (TPSA) is 53.8 Å². The summed E-state index contributed by atoms with van der Waals surface area (Å²) in [5.74, 6) is 0.127. The van der Waals surface area contributed by atoms with Crippen LogP contribution in [0.3, 0.4) is 0 Å². The van der Waals surface area contributed by atoms with Gasteiger partial charge in [0.1, 0.15) is 0 Å². The molecule has 0 aromatic heterocycles. The number of halogens is 4. The molecule has 0 amide bonds. The summed E-state index contributed by atoms with van der Waals surface area (Å²) in [5, 5.41) is 13.8. The highest BCUT2D eigenvalue weighted by atomic mass is 35.5. The number of phenolic OH excluding ortho intramolecular Hbond substituents is 1. The maximum absolute atomic E-state index is 12.7. The zero-order valence-corrected chi connectivity index (χ0v) is 12.6. The van der Waals surface area contributed by atoms with Crippen LogP contribution in [-0.4, -0.2) is 18.4 Å². The molecule has 0 saturated carbocycles. The van der Waals surface area contributed by atoms with Crippen molar-refractivity contribution in [1.82, 2.24) is 0 Å². The molecule has 0 heterocycles. The lowest BCUT2D eigenvalue weighted by Crippen LogP contribution is -2.05. The van der Waals surface area contributed by atoms with Crippen molar-refractivity contribution in [2.24, 2.45) is 5.10 Å². The van der Waals surface area contributed by atoms with Crippen molar-refractivity contribution >= 4 is 23.5 Å². The second-order valence-electron chi connectivity index (χ2n) is 4.46. The predicted molar refractivity (Wildman–Crippen MR) is 82.3 cm³/mol. The van der Waals surface area contributed by atoms with Crippen LogP contribution < -0.4 is 10.2 Å². The lowest BCUT2D eigenvalue weighted by Gasteiger charge is -2.10. The lowest BCUT2D eigenvalue weighted by atomic mass is 10.2. The number of hydrogen-bond acceptors (Lipinski definition) is 4. The first-order chi connectivity index (χ1) is 10.8. The van der Waals surface area contributed by atoms with E-state index in [0.717, 1.165) is 18.2 Å². The van der Waals surface area contributed by atoms with Crippen molar-refractivity contribution in [3.05, 3.63) is 52.5 Å². The molecule has 0 bridgehead atoms. The van der Waals surface area contributed by atoms with Gasteiger partial charge in [-0.15, -0.1) is 0 Å². The Balaban J connectivity index is 2.21. The fourth-order valence-corrected chi connectivity index (χ4v) is 1.93. The van der Waals surface area contributed by atoms with Gasteiger partial charge in [-0.2, -0.15) is 18.3 Å². The van der Waals surface area contributed by atoms with E-state index >= 15 is 0 Å². The van der Waals surface area contributed by atoms with Crippen molar-refractivity contribution in [2.45, 2.75) is 6.18 Å². The molecule has 2 aromatic rings. The Labute approximate surface area is 135 Å². The first kappa shape index (κ1) is 17.0. The fraction of sp³-hybridized carbons (Fsp3) is 0.133. The number of benzene rings is 2.